The van der Waals surface area contributed by atoms with Crippen molar-refractivity contribution in [1.29, 1.82) is 0 Å². The summed E-state index contributed by atoms with van der Waals surface area (Å²) in [6, 6.07) is 0.185. The molecular formula is C22H30N4O3. The summed E-state index contributed by atoms with van der Waals surface area (Å²) in [6.45, 7) is 2.99. The molecule has 29 heavy (non-hydrogen) atoms. The van der Waals surface area contributed by atoms with Gasteiger partial charge in [-0.05, 0) is 62.7 Å². The van der Waals surface area contributed by atoms with Crippen molar-refractivity contribution in [3.8, 4) is 0 Å². The Morgan fingerprint density at radius 1 is 1.17 bits per heavy atom. The number of rotatable bonds is 4. The number of morpholine rings is 1. The number of nitrogens with one attached hydrogen (secondary N) is 1. The molecule has 7 nitrogen and oxygen atoms in total. The van der Waals surface area contributed by atoms with Gasteiger partial charge in [0.1, 0.15) is 0 Å². The fraction of sp³-hybridized carbons (Fsp3) is 0.773. The average molecular weight is 399 g/mol. The molecule has 6 aliphatic rings. The molecule has 7 rings (SSSR count). The van der Waals surface area contributed by atoms with E-state index < -0.39 is 5.60 Å². The van der Waals surface area contributed by atoms with Crippen LogP contribution in [0.25, 0.3) is 0 Å². The van der Waals surface area contributed by atoms with E-state index in [1.54, 1.807) is 6.20 Å². The molecular weight excluding hydrogens is 368 g/mol. The normalized spacial score (nSPS) is 38.3. The molecule has 6 fully saturated rings. The Morgan fingerprint density at radius 2 is 1.90 bits per heavy atom. The van der Waals surface area contributed by atoms with Gasteiger partial charge in [0.05, 0.1) is 30.1 Å². The summed E-state index contributed by atoms with van der Waals surface area (Å²) in [6.07, 6.45) is 8.87. The predicted octanol–water partition coefficient (Wildman–Crippen LogP) is 1.86. The van der Waals surface area contributed by atoms with Crippen LogP contribution in [-0.2, 0) is 4.74 Å². The monoisotopic (exact) mass is 398 g/mol. The van der Waals surface area contributed by atoms with Crippen molar-refractivity contribution in [2.45, 2.75) is 62.5 Å². The first-order valence-electron chi connectivity index (χ1n) is 11.3. The van der Waals surface area contributed by atoms with E-state index in [-0.39, 0.29) is 11.9 Å². The third-order valence-electron chi connectivity index (χ3n) is 7.85. The minimum Gasteiger partial charge on any atom is -0.390 e. The van der Waals surface area contributed by atoms with E-state index in [0.717, 1.165) is 69.7 Å². The summed E-state index contributed by atoms with van der Waals surface area (Å²) in [7, 11) is 0. The highest BCUT2D eigenvalue weighted by molar-refractivity contribution is 5.95. The van der Waals surface area contributed by atoms with Crippen LogP contribution in [0.5, 0.6) is 0 Å². The number of ether oxygens (including phenoxy) is 1. The van der Waals surface area contributed by atoms with Gasteiger partial charge >= 0.3 is 0 Å². The first-order chi connectivity index (χ1) is 14.1. The van der Waals surface area contributed by atoms with E-state index in [1.165, 1.54) is 0 Å². The molecule has 7 heteroatoms. The standard InChI is InChI=1S/C22H30N4O3/c27-20(24-18-15-7-13-8-16(18)11-22(28,9-13)10-15)17-12-23-21(25-19(17)14-1-2-14)26-3-5-29-6-4-26/h12-16,18,28H,1-11H2,(H,24,27)/t13?,15?,16?,18-,22+. The maximum absolute atomic E-state index is 13.3. The number of hydrogen-bond acceptors (Lipinski definition) is 6. The largest absolute Gasteiger partial charge is 0.390 e. The van der Waals surface area contributed by atoms with Crippen LogP contribution in [0.4, 0.5) is 5.95 Å². The Kier molecular flexibility index (Phi) is 4.14. The average Bonchev–Trinajstić information content (AvgIpc) is 3.55. The highest BCUT2D eigenvalue weighted by Gasteiger charge is 2.55. The molecule has 0 radical (unpaired) electrons. The highest BCUT2D eigenvalue weighted by Crippen LogP contribution is 2.55. The van der Waals surface area contributed by atoms with Crippen LogP contribution in [0.2, 0.25) is 0 Å². The van der Waals surface area contributed by atoms with Crippen molar-refractivity contribution < 1.29 is 14.6 Å². The van der Waals surface area contributed by atoms with Gasteiger partial charge in [0.25, 0.3) is 5.91 Å². The molecule has 2 N–H and O–H groups in total. The van der Waals surface area contributed by atoms with E-state index in [9.17, 15) is 9.90 Å². The lowest BCUT2D eigenvalue weighted by atomic mass is 9.52. The van der Waals surface area contributed by atoms with Gasteiger partial charge in [-0.2, -0.15) is 0 Å². The molecule has 5 aliphatic carbocycles. The number of aliphatic hydroxyl groups is 1. The summed E-state index contributed by atoms with van der Waals surface area (Å²) >= 11 is 0. The Hall–Kier alpha value is -1.73. The molecule has 0 spiro atoms. The SMILES string of the molecule is O=C(N[C@H]1C2CC3CC1C[C@@](O)(C3)C2)c1cnc(N2CCOCC2)nc1C1CC1. The molecule has 5 saturated carbocycles. The molecule has 2 heterocycles. The van der Waals surface area contributed by atoms with Crippen LogP contribution in [-0.4, -0.2) is 58.9 Å². The third-order valence-corrected chi connectivity index (χ3v) is 7.85. The van der Waals surface area contributed by atoms with Gasteiger partial charge in [0.2, 0.25) is 5.95 Å². The number of carbonyl (C=O) groups is 1. The zero-order valence-electron chi connectivity index (χ0n) is 16.8. The fourth-order valence-electron chi connectivity index (χ4n) is 6.59. The minimum absolute atomic E-state index is 0.0232. The maximum atomic E-state index is 13.3. The lowest BCUT2D eigenvalue weighted by Crippen LogP contribution is -2.61. The zero-order valence-corrected chi connectivity index (χ0v) is 16.8. The molecule has 2 unspecified atom stereocenters. The predicted molar refractivity (Wildman–Crippen MR) is 107 cm³/mol. The summed E-state index contributed by atoms with van der Waals surface area (Å²) in [5.41, 5.74) is 1.10. The van der Waals surface area contributed by atoms with Crippen molar-refractivity contribution in [2.75, 3.05) is 31.2 Å². The number of nitrogens with zero attached hydrogens (tertiary/aromatic N) is 3. The lowest BCUT2D eigenvalue weighted by molar-refractivity contribution is -0.136. The topological polar surface area (TPSA) is 87.6 Å². The second-order valence-electron chi connectivity index (χ2n) is 10.0. The third kappa shape index (κ3) is 3.22. The zero-order chi connectivity index (χ0) is 19.6. The van der Waals surface area contributed by atoms with Gasteiger partial charge in [-0.1, -0.05) is 0 Å². The summed E-state index contributed by atoms with van der Waals surface area (Å²) in [4.78, 5) is 24.8. The lowest BCUT2D eigenvalue weighted by Gasteiger charge is -2.58. The van der Waals surface area contributed by atoms with Gasteiger partial charge in [-0.25, -0.2) is 9.97 Å². The molecule has 1 aromatic heterocycles. The van der Waals surface area contributed by atoms with Crippen LogP contribution in [0.1, 0.15) is 66.9 Å². The minimum atomic E-state index is -0.472. The second kappa shape index (κ2) is 6.64. The highest BCUT2D eigenvalue weighted by atomic mass is 16.5. The molecule has 0 aromatic carbocycles. The molecule has 156 valence electrons. The van der Waals surface area contributed by atoms with E-state index >= 15 is 0 Å². The molecule has 1 aromatic rings. The molecule has 1 aliphatic heterocycles. The number of aromatic nitrogens is 2. The van der Waals surface area contributed by atoms with Crippen molar-refractivity contribution in [3.05, 3.63) is 17.5 Å². The first-order valence-corrected chi connectivity index (χ1v) is 11.3. The Labute approximate surface area is 171 Å². The van der Waals surface area contributed by atoms with Crippen LogP contribution >= 0.6 is 0 Å². The quantitative estimate of drug-likeness (QED) is 0.805. The summed E-state index contributed by atoms with van der Waals surface area (Å²) < 4.78 is 5.43. The Morgan fingerprint density at radius 3 is 2.55 bits per heavy atom. The number of carbonyl (C=O) groups excluding carboxylic acids is 1. The van der Waals surface area contributed by atoms with E-state index in [4.69, 9.17) is 9.72 Å². The summed E-state index contributed by atoms with van der Waals surface area (Å²) in [5.74, 6) is 2.55. The van der Waals surface area contributed by atoms with Crippen molar-refractivity contribution >= 4 is 11.9 Å². The Balaban J connectivity index is 1.23. The van der Waals surface area contributed by atoms with E-state index in [1.807, 2.05) is 0 Å². The van der Waals surface area contributed by atoms with Crippen molar-refractivity contribution in [2.24, 2.45) is 17.8 Å². The fourth-order valence-corrected chi connectivity index (χ4v) is 6.59. The van der Waals surface area contributed by atoms with Crippen molar-refractivity contribution in [1.82, 2.24) is 15.3 Å². The van der Waals surface area contributed by atoms with Crippen LogP contribution < -0.4 is 10.2 Å². The first kappa shape index (κ1) is 18.1. The van der Waals surface area contributed by atoms with E-state index in [2.05, 4.69) is 15.2 Å². The number of anilines is 1. The molecule has 1 saturated heterocycles. The van der Waals surface area contributed by atoms with Crippen LogP contribution in [0.3, 0.4) is 0 Å². The molecule has 4 bridgehead atoms. The van der Waals surface area contributed by atoms with Crippen LogP contribution in [0.15, 0.2) is 6.20 Å². The Bertz CT molecular complexity index is 804. The van der Waals surface area contributed by atoms with Gasteiger partial charge in [-0.3, -0.25) is 4.79 Å². The maximum Gasteiger partial charge on any atom is 0.254 e. The van der Waals surface area contributed by atoms with Crippen molar-refractivity contribution in [3.63, 3.8) is 0 Å². The van der Waals surface area contributed by atoms with Gasteiger partial charge in [0, 0.05) is 31.2 Å². The molecule has 2 atom stereocenters. The van der Waals surface area contributed by atoms with Gasteiger partial charge < -0.3 is 20.1 Å². The number of amides is 1. The van der Waals surface area contributed by atoms with Gasteiger partial charge in [-0.15, -0.1) is 0 Å². The van der Waals surface area contributed by atoms with Gasteiger partial charge in [0.15, 0.2) is 0 Å². The second-order valence-corrected chi connectivity index (χ2v) is 10.0. The number of hydrogen-bond donors (Lipinski definition) is 2. The molecule has 1 amide bonds. The van der Waals surface area contributed by atoms with E-state index in [0.29, 0.717) is 42.4 Å². The summed E-state index contributed by atoms with van der Waals surface area (Å²) in [5, 5.41) is 14.2. The smallest absolute Gasteiger partial charge is 0.254 e. The van der Waals surface area contributed by atoms with Crippen LogP contribution in [0, 0.1) is 17.8 Å².